The van der Waals surface area contributed by atoms with Crippen LogP contribution in [-0.4, -0.2) is 36.7 Å². The molecule has 0 saturated heterocycles. The summed E-state index contributed by atoms with van der Waals surface area (Å²) in [6.45, 7) is 2.86. The van der Waals surface area contributed by atoms with E-state index in [1.807, 2.05) is 23.9 Å². The topological polar surface area (TPSA) is 77.6 Å². The fourth-order valence-electron chi connectivity index (χ4n) is 2.41. The van der Waals surface area contributed by atoms with Crippen LogP contribution in [0.15, 0.2) is 48.9 Å². The first kappa shape index (κ1) is 16.8. The highest BCUT2D eigenvalue weighted by molar-refractivity contribution is 5.92. The van der Waals surface area contributed by atoms with Gasteiger partial charge in [0.15, 0.2) is 5.69 Å². The summed E-state index contributed by atoms with van der Waals surface area (Å²) in [6, 6.07) is 8.27. The summed E-state index contributed by atoms with van der Waals surface area (Å²) in [5.41, 5.74) is 0.703. The van der Waals surface area contributed by atoms with Crippen molar-refractivity contribution in [2.75, 3.05) is 0 Å². The highest BCUT2D eigenvalue weighted by atomic mass is 19.1. The standard InChI is InChI=1S/C17H19FN6O/c1-13(7-10-23-9-4-8-19-23)20-17(25)16-12-24(22-21-16)11-14-5-2-3-6-15(14)18/h2-6,8-9,12-13H,7,10-11H2,1H3,(H,20,25). The molecule has 1 N–H and O–H groups in total. The molecule has 2 aromatic heterocycles. The quantitative estimate of drug-likeness (QED) is 0.711. The number of hydrogen-bond acceptors (Lipinski definition) is 4. The lowest BCUT2D eigenvalue weighted by atomic mass is 10.2. The largest absolute Gasteiger partial charge is 0.348 e. The molecule has 2 heterocycles. The van der Waals surface area contributed by atoms with Gasteiger partial charge in [0.2, 0.25) is 0 Å². The molecule has 0 aliphatic rings. The zero-order valence-electron chi connectivity index (χ0n) is 13.8. The number of carbonyl (C=O) groups excluding carboxylic acids is 1. The van der Waals surface area contributed by atoms with E-state index in [4.69, 9.17) is 0 Å². The van der Waals surface area contributed by atoms with Crippen LogP contribution in [0.1, 0.15) is 29.4 Å². The zero-order valence-corrected chi connectivity index (χ0v) is 13.8. The Kier molecular flexibility index (Phi) is 5.17. The Morgan fingerprint density at radius 3 is 2.88 bits per heavy atom. The Labute approximate surface area is 144 Å². The van der Waals surface area contributed by atoms with Crippen LogP contribution >= 0.6 is 0 Å². The molecule has 0 fully saturated rings. The molecule has 7 nitrogen and oxygen atoms in total. The predicted octanol–water partition coefficient (Wildman–Crippen LogP) is 1.87. The van der Waals surface area contributed by atoms with Crippen molar-refractivity contribution in [1.82, 2.24) is 30.1 Å². The summed E-state index contributed by atoms with van der Waals surface area (Å²) < 4.78 is 16.9. The number of rotatable bonds is 7. The van der Waals surface area contributed by atoms with E-state index in [0.717, 1.165) is 6.42 Å². The molecule has 25 heavy (non-hydrogen) atoms. The van der Waals surface area contributed by atoms with Gasteiger partial charge in [-0.3, -0.25) is 9.48 Å². The Morgan fingerprint density at radius 1 is 1.28 bits per heavy atom. The van der Waals surface area contributed by atoms with E-state index >= 15 is 0 Å². The van der Waals surface area contributed by atoms with Gasteiger partial charge < -0.3 is 5.32 Å². The van der Waals surface area contributed by atoms with Gasteiger partial charge in [0, 0.05) is 30.5 Å². The van der Waals surface area contributed by atoms with Crippen molar-refractivity contribution >= 4 is 5.91 Å². The van der Waals surface area contributed by atoms with Crippen molar-refractivity contribution in [3.05, 3.63) is 66.0 Å². The molecule has 3 rings (SSSR count). The van der Waals surface area contributed by atoms with E-state index < -0.39 is 0 Å². The van der Waals surface area contributed by atoms with Crippen molar-refractivity contribution in [3.8, 4) is 0 Å². The number of aromatic nitrogens is 5. The maximum absolute atomic E-state index is 13.7. The summed E-state index contributed by atoms with van der Waals surface area (Å²) in [4.78, 5) is 12.2. The van der Waals surface area contributed by atoms with Gasteiger partial charge in [-0.2, -0.15) is 5.10 Å². The zero-order chi connectivity index (χ0) is 17.6. The van der Waals surface area contributed by atoms with Crippen LogP contribution in [0.3, 0.4) is 0 Å². The Hall–Kier alpha value is -3.03. The SMILES string of the molecule is CC(CCn1cccn1)NC(=O)c1cn(Cc2ccccc2F)nn1. The van der Waals surface area contributed by atoms with E-state index in [9.17, 15) is 9.18 Å². The summed E-state index contributed by atoms with van der Waals surface area (Å²) in [5.74, 6) is -0.607. The average molecular weight is 342 g/mol. The van der Waals surface area contributed by atoms with E-state index in [1.165, 1.54) is 16.9 Å². The molecule has 8 heteroatoms. The molecule has 3 aromatic rings. The molecule has 1 unspecified atom stereocenters. The Balaban J connectivity index is 1.54. The van der Waals surface area contributed by atoms with Gasteiger partial charge in [-0.25, -0.2) is 9.07 Å². The van der Waals surface area contributed by atoms with Gasteiger partial charge in [-0.15, -0.1) is 5.10 Å². The van der Waals surface area contributed by atoms with Crippen LogP contribution in [0, 0.1) is 5.82 Å². The second kappa shape index (κ2) is 7.69. The van der Waals surface area contributed by atoms with Crippen molar-refractivity contribution in [2.45, 2.75) is 32.5 Å². The molecule has 1 amide bonds. The fraction of sp³-hybridized carbons (Fsp3) is 0.294. The molecule has 1 atom stereocenters. The monoisotopic (exact) mass is 342 g/mol. The maximum atomic E-state index is 13.7. The predicted molar refractivity (Wildman–Crippen MR) is 89.3 cm³/mol. The summed E-state index contributed by atoms with van der Waals surface area (Å²) in [5, 5.41) is 14.8. The maximum Gasteiger partial charge on any atom is 0.273 e. The van der Waals surface area contributed by atoms with Gasteiger partial charge in [-0.05, 0) is 25.5 Å². The van der Waals surface area contributed by atoms with Crippen LogP contribution in [0.4, 0.5) is 4.39 Å². The normalized spacial score (nSPS) is 12.1. The van der Waals surface area contributed by atoms with Gasteiger partial charge in [-0.1, -0.05) is 23.4 Å². The van der Waals surface area contributed by atoms with E-state index in [2.05, 4.69) is 20.7 Å². The molecule has 1 aromatic carbocycles. The molecule has 0 spiro atoms. The summed E-state index contributed by atoms with van der Waals surface area (Å²) in [6.07, 6.45) is 5.86. The number of nitrogens with zero attached hydrogens (tertiary/aromatic N) is 5. The van der Waals surface area contributed by atoms with Crippen LogP contribution in [-0.2, 0) is 13.1 Å². The molecule has 0 radical (unpaired) electrons. The number of benzene rings is 1. The summed E-state index contributed by atoms with van der Waals surface area (Å²) >= 11 is 0. The molecular weight excluding hydrogens is 323 g/mol. The second-order valence-electron chi connectivity index (χ2n) is 5.83. The second-order valence-corrected chi connectivity index (χ2v) is 5.83. The smallest absolute Gasteiger partial charge is 0.273 e. The Morgan fingerprint density at radius 2 is 2.12 bits per heavy atom. The molecule has 0 aliphatic heterocycles. The van der Waals surface area contributed by atoms with Crippen LogP contribution in [0.25, 0.3) is 0 Å². The van der Waals surface area contributed by atoms with Gasteiger partial charge in [0.05, 0.1) is 12.7 Å². The number of halogens is 1. The molecule has 130 valence electrons. The minimum absolute atomic E-state index is 0.0339. The highest BCUT2D eigenvalue weighted by Gasteiger charge is 2.14. The van der Waals surface area contributed by atoms with E-state index in [-0.39, 0.29) is 30.0 Å². The van der Waals surface area contributed by atoms with Crippen molar-refractivity contribution in [3.63, 3.8) is 0 Å². The molecule has 0 bridgehead atoms. The minimum Gasteiger partial charge on any atom is -0.348 e. The molecule has 0 aliphatic carbocycles. The lowest BCUT2D eigenvalue weighted by Gasteiger charge is -2.12. The number of nitrogens with one attached hydrogen (secondary N) is 1. The third-order valence-corrected chi connectivity index (χ3v) is 3.79. The van der Waals surface area contributed by atoms with Crippen molar-refractivity contribution < 1.29 is 9.18 Å². The van der Waals surface area contributed by atoms with Crippen molar-refractivity contribution in [1.29, 1.82) is 0 Å². The lowest BCUT2D eigenvalue weighted by Crippen LogP contribution is -2.33. The summed E-state index contributed by atoms with van der Waals surface area (Å²) in [7, 11) is 0. The van der Waals surface area contributed by atoms with Gasteiger partial charge in [0.25, 0.3) is 5.91 Å². The first-order chi connectivity index (χ1) is 12.1. The molecular formula is C17H19FN6O. The van der Waals surface area contributed by atoms with E-state index in [0.29, 0.717) is 12.1 Å². The van der Waals surface area contributed by atoms with Crippen LogP contribution in [0.2, 0.25) is 0 Å². The van der Waals surface area contributed by atoms with Gasteiger partial charge in [0.1, 0.15) is 5.82 Å². The first-order valence-corrected chi connectivity index (χ1v) is 8.03. The number of hydrogen-bond donors (Lipinski definition) is 1. The van der Waals surface area contributed by atoms with Crippen molar-refractivity contribution in [2.24, 2.45) is 0 Å². The third kappa shape index (κ3) is 4.50. The first-order valence-electron chi connectivity index (χ1n) is 8.03. The molecule has 0 saturated carbocycles. The number of aryl methyl sites for hydroxylation is 1. The van der Waals surface area contributed by atoms with Crippen LogP contribution < -0.4 is 5.32 Å². The third-order valence-electron chi connectivity index (χ3n) is 3.79. The average Bonchev–Trinajstić information content (AvgIpc) is 3.27. The van der Waals surface area contributed by atoms with Crippen LogP contribution in [0.5, 0.6) is 0 Å². The number of carbonyl (C=O) groups is 1. The van der Waals surface area contributed by atoms with Gasteiger partial charge >= 0.3 is 0 Å². The lowest BCUT2D eigenvalue weighted by molar-refractivity contribution is 0.0932. The highest BCUT2D eigenvalue weighted by Crippen LogP contribution is 2.08. The van der Waals surface area contributed by atoms with E-state index in [1.54, 1.807) is 24.4 Å². The minimum atomic E-state index is -0.309. The fourth-order valence-corrected chi connectivity index (χ4v) is 2.41. The number of amides is 1. The Bertz CT molecular complexity index is 829.